The average Bonchev–Trinajstić information content (AvgIpc) is 3.26. The summed E-state index contributed by atoms with van der Waals surface area (Å²) in [6.07, 6.45) is 34.7. The Kier molecular flexibility index (Phi) is 4.51. The summed E-state index contributed by atoms with van der Waals surface area (Å²) in [5, 5.41) is 0. The molecule has 0 spiro atoms. The van der Waals surface area contributed by atoms with Crippen LogP contribution in [0.2, 0.25) is 24.2 Å². The van der Waals surface area contributed by atoms with Crippen LogP contribution in [0.4, 0.5) is 0 Å². The SMILES string of the molecule is CC1=CC2C(C=C1)C1C=CC=CC1C2[Si](C)(C)C1C2C=CC=CC2C2C=CC(C)=CC21. The van der Waals surface area contributed by atoms with Crippen molar-refractivity contribution in [3.63, 3.8) is 0 Å². The van der Waals surface area contributed by atoms with Gasteiger partial charge in [-0.05, 0) is 72.3 Å². The fraction of sp³-hybridized carbons (Fsp3) is 0.467. The van der Waals surface area contributed by atoms with Gasteiger partial charge in [0.1, 0.15) is 0 Å². The van der Waals surface area contributed by atoms with Gasteiger partial charge in [-0.25, -0.2) is 0 Å². The summed E-state index contributed by atoms with van der Waals surface area (Å²) in [7, 11) is -1.66. The van der Waals surface area contributed by atoms with E-state index < -0.39 is 8.07 Å². The molecule has 0 aromatic rings. The van der Waals surface area contributed by atoms with Crippen LogP contribution in [0.5, 0.6) is 0 Å². The summed E-state index contributed by atoms with van der Waals surface area (Å²) in [6, 6.07) is 0. The van der Waals surface area contributed by atoms with Gasteiger partial charge in [0, 0.05) is 0 Å². The molecule has 31 heavy (non-hydrogen) atoms. The maximum absolute atomic E-state index is 2.77. The lowest BCUT2D eigenvalue weighted by atomic mass is 9.82. The third-order valence-corrected chi connectivity index (χ3v) is 14.6. The molecule has 0 radical (unpaired) electrons. The number of hydrogen-bond donors (Lipinski definition) is 0. The summed E-state index contributed by atoms with van der Waals surface area (Å²) >= 11 is 0. The van der Waals surface area contributed by atoms with Gasteiger partial charge >= 0.3 is 0 Å². The zero-order chi connectivity index (χ0) is 21.3. The highest BCUT2D eigenvalue weighted by Gasteiger charge is 2.61. The fourth-order valence-corrected chi connectivity index (χ4v) is 14.4. The molecule has 2 fully saturated rings. The molecule has 6 aliphatic carbocycles. The van der Waals surface area contributed by atoms with Crippen LogP contribution in [0.3, 0.4) is 0 Å². The summed E-state index contributed by atoms with van der Waals surface area (Å²) in [5.74, 6) is 5.57. The Labute approximate surface area is 189 Å². The summed E-state index contributed by atoms with van der Waals surface area (Å²) in [6.45, 7) is 10.1. The van der Waals surface area contributed by atoms with Crippen molar-refractivity contribution in [2.24, 2.45) is 47.3 Å². The third-order valence-electron chi connectivity index (χ3n) is 9.67. The molecule has 1 heteroatoms. The van der Waals surface area contributed by atoms with Gasteiger partial charge in [0.25, 0.3) is 0 Å². The van der Waals surface area contributed by atoms with Crippen molar-refractivity contribution < 1.29 is 0 Å². The highest BCUT2D eigenvalue weighted by atomic mass is 28.3. The summed E-state index contributed by atoms with van der Waals surface area (Å²) < 4.78 is 0. The monoisotopic (exact) mass is 424 g/mol. The maximum atomic E-state index is 2.77. The second-order valence-electron chi connectivity index (χ2n) is 11.6. The molecule has 0 saturated heterocycles. The quantitative estimate of drug-likeness (QED) is 0.399. The van der Waals surface area contributed by atoms with Crippen LogP contribution in [0.1, 0.15) is 13.8 Å². The van der Waals surface area contributed by atoms with Crippen molar-refractivity contribution in [1.29, 1.82) is 0 Å². The van der Waals surface area contributed by atoms with Gasteiger partial charge in [-0.15, -0.1) is 0 Å². The molecular formula is C30H36Si. The highest BCUT2D eigenvalue weighted by molar-refractivity contribution is 6.80. The topological polar surface area (TPSA) is 0 Å². The lowest BCUT2D eigenvalue weighted by Crippen LogP contribution is -2.46. The van der Waals surface area contributed by atoms with Crippen molar-refractivity contribution >= 4 is 8.07 Å². The van der Waals surface area contributed by atoms with Gasteiger partial charge in [0.2, 0.25) is 0 Å². The molecule has 0 aromatic carbocycles. The first-order valence-corrected chi connectivity index (χ1v) is 15.6. The molecule has 0 bridgehead atoms. The van der Waals surface area contributed by atoms with E-state index in [-0.39, 0.29) is 0 Å². The number of allylic oxidation sites excluding steroid dienone is 16. The largest absolute Gasteiger partial charge is 0.0808 e. The molecule has 0 N–H and O–H groups in total. The van der Waals surface area contributed by atoms with E-state index in [1.807, 2.05) is 0 Å². The van der Waals surface area contributed by atoms with Gasteiger partial charge in [-0.3, -0.25) is 0 Å². The van der Waals surface area contributed by atoms with E-state index in [2.05, 4.69) is 112 Å². The first kappa shape index (κ1) is 19.8. The molecule has 0 aromatic heterocycles. The molecule has 6 aliphatic rings. The van der Waals surface area contributed by atoms with Crippen LogP contribution in [0.25, 0.3) is 0 Å². The van der Waals surface area contributed by atoms with Crippen molar-refractivity contribution in [3.05, 3.63) is 96.2 Å². The lowest BCUT2D eigenvalue weighted by Gasteiger charge is -2.46. The van der Waals surface area contributed by atoms with Gasteiger partial charge in [-0.1, -0.05) is 109 Å². The minimum Gasteiger partial charge on any atom is -0.0808 e. The smallest absolute Gasteiger partial charge is 0.0560 e. The zero-order valence-electron chi connectivity index (χ0n) is 19.4. The van der Waals surface area contributed by atoms with Crippen LogP contribution in [0, 0.1) is 47.3 Å². The molecule has 10 atom stereocenters. The second kappa shape index (κ2) is 7.07. The van der Waals surface area contributed by atoms with Gasteiger partial charge in [0.15, 0.2) is 0 Å². The predicted molar refractivity (Wildman–Crippen MR) is 135 cm³/mol. The summed E-state index contributed by atoms with van der Waals surface area (Å²) in [5.41, 5.74) is 4.57. The second-order valence-corrected chi connectivity index (χ2v) is 16.5. The Hall–Kier alpha value is -1.86. The number of rotatable bonds is 2. The van der Waals surface area contributed by atoms with E-state index in [4.69, 9.17) is 0 Å². The van der Waals surface area contributed by atoms with E-state index in [1.54, 1.807) is 0 Å². The summed E-state index contributed by atoms with van der Waals surface area (Å²) in [4.78, 5) is 0. The first-order valence-electron chi connectivity index (χ1n) is 12.4. The Balaban J connectivity index is 1.46. The number of fused-ring (bicyclic) bond motifs is 6. The van der Waals surface area contributed by atoms with E-state index >= 15 is 0 Å². The Morgan fingerprint density at radius 1 is 0.484 bits per heavy atom. The van der Waals surface area contributed by atoms with Crippen molar-refractivity contribution in [3.8, 4) is 0 Å². The molecule has 0 nitrogen and oxygen atoms in total. The number of hydrogen-bond acceptors (Lipinski definition) is 0. The van der Waals surface area contributed by atoms with Crippen LogP contribution >= 0.6 is 0 Å². The van der Waals surface area contributed by atoms with Crippen molar-refractivity contribution in [1.82, 2.24) is 0 Å². The molecule has 0 heterocycles. The molecule has 0 aliphatic heterocycles. The average molecular weight is 425 g/mol. The van der Waals surface area contributed by atoms with Crippen LogP contribution in [-0.4, -0.2) is 8.07 Å². The molecule has 160 valence electrons. The highest BCUT2D eigenvalue weighted by Crippen LogP contribution is 2.66. The maximum Gasteiger partial charge on any atom is 0.0560 e. The van der Waals surface area contributed by atoms with Crippen LogP contribution < -0.4 is 0 Å². The van der Waals surface area contributed by atoms with Gasteiger partial charge in [0.05, 0.1) is 8.07 Å². The Morgan fingerprint density at radius 2 is 0.839 bits per heavy atom. The van der Waals surface area contributed by atoms with Crippen molar-refractivity contribution in [2.75, 3.05) is 0 Å². The molecular weight excluding hydrogens is 388 g/mol. The molecule has 6 rings (SSSR count). The fourth-order valence-electron chi connectivity index (χ4n) is 8.67. The van der Waals surface area contributed by atoms with Gasteiger partial charge < -0.3 is 0 Å². The molecule has 2 saturated carbocycles. The van der Waals surface area contributed by atoms with Crippen LogP contribution in [-0.2, 0) is 0 Å². The Morgan fingerprint density at radius 3 is 1.26 bits per heavy atom. The molecule has 0 amide bonds. The first-order chi connectivity index (χ1) is 15.0. The third kappa shape index (κ3) is 2.85. The van der Waals surface area contributed by atoms with E-state index in [0.29, 0.717) is 47.3 Å². The zero-order valence-corrected chi connectivity index (χ0v) is 20.4. The van der Waals surface area contributed by atoms with Gasteiger partial charge in [-0.2, -0.15) is 0 Å². The minimum atomic E-state index is -1.66. The standard InChI is InChI=1S/C30H36Si/c1-19-13-15-23-21-9-5-7-11-25(21)29(27(23)17-19)31(3,4)30-26-12-8-6-10-22(26)24-16-14-20(2)18-28(24)30/h5-18,21-30H,1-4H3. The van der Waals surface area contributed by atoms with Crippen molar-refractivity contribution in [2.45, 2.75) is 38.0 Å². The van der Waals surface area contributed by atoms with E-state index in [0.717, 1.165) is 11.1 Å². The molecule has 10 unspecified atom stereocenters. The lowest BCUT2D eigenvalue weighted by molar-refractivity contribution is 0.459. The predicted octanol–water partition coefficient (Wildman–Crippen LogP) is 7.68. The van der Waals surface area contributed by atoms with E-state index in [1.165, 1.54) is 11.1 Å². The Bertz CT molecular complexity index is 929. The minimum absolute atomic E-state index is 0.685. The normalized spacial score (nSPS) is 46.3. The van der Waals surface area contributed by atoms with Crippen LogP contribution in [0.15, 0.2) is 96.2 Å². The van der Waals surface area contributed by atoms with E-state index in [9.17, 15) is 0 Å².